The van der Waals surface area contributed by atoms with E-state index < -0.39 is 11.7 Å². The van der Waals surface area contributed by atoms with Crippen molar-refractivity contribution in [1.29, 1.82) is 0 Å². The summed E-state index contributed by atoms with van der Waals surface area (Å²) in [4.78, 5) is 14.4. The van der Waals surface area contributed by atoms with Gasteiger partial charge in [-0.05, 0) is 37.4 Å². The molecule has 112 valence electrons. The third-order valence-electron chi connectivity index (χ3n) is 3.22. The summed E-state index contributed by atoms with van der Waals surface area (Å²) in [5, 5.41) is 1.97. The second-order valence-electron chi connectivity index (χ2n) is 5.06. The first-order valence-electron chi connectivity index (χ1n) is 6.58. The number of halogens is 1. The van der Waals surface area contributed by atoms with Crippen molar-refractivity contribution in [3.8, 4) is 0 Å². The first kappa shape index (κ1) is 15.3. The van der Waals surface area contributed by atoms with Crippen LogP contribution in [0, 0.1) is 5.82 Å². The van der Waals surface area contributed by atoms with Crippen molar-refractivity contribution in [3.05, 3.63) is 45.9 Å². The van der Waals surface area contributed by atoms with E-state index in [4.69, 9.17) is 11.5 Å². The Morgan fingerprint density at radius 2 is 2.14 bits per heavy atom. The van der Waals surface area contributed by atoms with Gasteiger partial charge in [0.1, 0.15) is 5.82 Å². The fraction of sp³-hybridized carbons (Fsp3) is 0.267. The Labute approximate surface area is 127 Å². The van der Waals surface area contributed by atoms with Crippen molar-refractivity contribution in [2.45, 2.75) is 26.4 Å². The summed E-state index contributed by atoms with van der Waals surface area (Å²) in [6.45, 7) is 4.50. The van der Waals surface area contributed by atoms with Gasteiger partial charge >= 0.3 is 0 Å². The van der Waals surface area contributed by atoms with E-state index >= 15 is 0 Å². The van der Waals surface area contributed by atoms with E-state index in [1.807, 2.05) is 36.3 Å². The molecular formula is C15H18FN3OS. The molecule has 0 aliphatic rings. The second-order valence-corrected chi connectivity index (χ2v) is 6.09. The lowest BCUT2D eigenvalue weighted by Crippen LogP contribution is -2.31. The summed E-state index contributed by atoms with van der Waals surface area (Å²) in [6.07, 6.45) is 0. The molecule has 2 rings (SSSR count). The summed E-state index contributed by atoms with van der Waals surface area (Å²) in [6, 6.07) is 6.59. The molecule has 1 heterocycles. The van der Waals surface area contributed by atoms with Crippen molar-refractivity contribution in [1.82, 2.24) is 0 Å². The van der Waals surface area contributed by atoms with Crippen molar-refractivity contribution in [3.63, 3.8) is 0 Å². The highest BCUT2D eigenvalue weighted by molar-refractivity contribution is 7.09. The molecule has 21 heavy (non-hydrogen) atoms. The topological polar surface area (TPSA) is 72.3 Å². The van der Waals surface area contributed by atoms with Gasteiger partial charge in [-0.3, -0.25) is 4.79 Å². The molecule has 0 aliphatic carbocycles. The molecule has 2 aromatic rings. The molecule has 0 saturated carbocycles. The maximum Gasteiger partial charge on any atom is 0.250 e. The maximum absolute atomic E-state index is 14.3. The fourth-order valence-corrected chi connectivity index (χ4v) is 2.83. The van der Waals surface area contributed by atoms with Gasteiger partial charge in [-0.1, -0.05) is 6.07 Å². The normalized spacial score (nSPS) is 10.9. The Morgan fingerprint density at radius 1 is 1.43 bits per heavy atom. The Hall–Kier alpha value is -2.08. The molecule has 4 nitrogen and oxygen atoms in total. The van der Waals surface area contributed by atoms with Crippen molar-refractivity contribution >= 4 is 28.6 Å². The molecule has 0 atom stereocenters. The van der Waals surface area contributed by atoms with Gasteiger partial charge in [0.2, 0.25) is 0 Å². The van der Waals surface area contributed by atoms with Gasteiger partial charge in [-0.15, -0.1) is 11.3 Å². The van der Waals surface area contributed by atoms with E-state index in [0.29, 0.717) is 12.2 Å². The SMILES string of the molecule is CC(C)N(Cc1cccs1)c1cc(C(N)=O)c(N)cc1F. The second kappa shape index (κ2) is 6.13. The zero-order valence-electron chi connectivity index (χ0n) is 12.0. The average Bonchev–Trinajstić information content (AvgIpc) is 2.89. The number of nitrogens with two attached hydrogens (primary N) is 2. The minimum absolute atomic E-state index is 0.0589. The zero-order chi connectivity index (χ0) is 15.6. The molecule has 6 heteroatoms. The van der Waals surface area contributed by atoms with Crippen LogP contribution in [0.2, 0.25) is 0 Å². The van der Waals surface area contributed by atoms with Crippen LogP contribution >= 0.6 is 11.3 Å². The molecule has 1 aromatic carbocycles. The fourth-order valence-electron chi connectivity index (χ4n) is 2.13. The lowest BCUT2D eigenvalue weighted by atomic mass is 10.1. The molecule has 0 fully saturated rings. The number of amides is 1. The number of benzene rings is 1. The summed E-state index contributed by atoms with van der Waals surface area (Å²) < 4.78 is 14.3. The molecular weight excluding hydrogens is 289 g/mol. The van der Waals surface area contributed by atoms with E-state index in [-0.39, 0.29) is 17.3 Å². The molecule has 0 unspecified atom stereocenters. The van der Waals surface area contributed by atoms with Crippen LogP contribution in [0.5, 0.6) is 0 Å². The number of nitrogen functional groups attached to an aromatic ring is 1. The molecule has 0 bridgehead atoms. The van der Waals surface area contributed by atoms with E-state index in [1.54, 1.807) is 11.3 Å². The van der Waals surface area contributed by atoms with Crippen molar-refractivity contribution in [2.75, 3.05) is 10.6 Å². The molecule has 1 amide bonds. The smallest absolute Gasteiger partial charge is 0.250 e. The quantitative estimate of drug-likeness (QED) is 0.834. The van der Waals surface area contributed by atoms with Gasteiger partial charge < -0.3 is 16.4 Å². The number of rotatable bonds is 5. The zero-order valence-corrected chi connectivity index (χ0v) is 12.8. The predicted molar refractivity (Wildman–Crippen MR) is 85.0 cm³/mol. The average molecular weight is 307 g/mol. The number of thiophene rings is 1. The number of primary amides is 1. The third kappa shape index (κ3) is 3.33. The van der Waals surface area contributed by atoms with Crippen LogP contribution in [-0.2, 0) is 6.54 Å². The van der Waals surface area contributed by atoms with Gasteiger partial charge in [-0.2, -0.15) is 0 Å². The number of carbonyl (C=O) groups excluding carboxylic acids is 1. The van der Waals surface area contributed by atoms with Gasteiger partial charge in [-0.25, -0.2) is 4.39 Å². The summed E-state index contributed by atoms with van der Waals surface area (Å²) >= 11 is 1.60. The standard InChI is InChI=1S/C15H18FN3OS/c1-9(2)19(8-10-4-3-5-21-10)14-6-11(15(18)20)13(17)7-12(14)16/h3-7,9H,8,17H2,1-2H3,(H2,18,20). The van der Waals surface area contributed by atoms with Gasteiger partial charge in [0.25, 0.3) is 5.91 Å². The van der Waals surface area contributed by atoms with Crippen molar-refractivity contribution < 1.29 is 9.18 Å². The van der Waals surface area contributed by atoms with Gasteiger partial charge in [0.05, 0.1) is 17.8 Å². The monoisotopic (exact) mass is 307 g/mol. The highest BCUT2D eigenvalue weighted by Crippen LogP contribution is 2.29. The lowest BCUT2D eigenvalue weighted by molar-refractivity contribution is 0.100. The highest BCUT2D eigenvalue weighted by atomic mass is 32.1. The van der Waals surface area contributed by atoms with E-state index in [2.05, 4.69) is 0 Å². The molecule has 0 aliphatic heterocycles. The number of nitrogens with zero attached hydrogens (tertiary/aromatic N) is 1. The van der Waals surface area contributed by atoms with E-state index in [9.17, 15) is 9.18 Å². The van der Waals surface area contributed by atoms with Crippen LogP contribution in [0.1, 0.15) is 29.1 Å². The number of carbonyl (C=O) groups is 1. The number of hydrogen-bond donors (Lipinski definition) is 2. The van der Waals surface area contributed by atoms with Crippen molar-refractivity contribution in [2.24, 2.45) is 5.73 Å². The summed E-state index contributed by atoms with van der Waals surface area (Å²) in [5.41, 5.74) is 11.5. The Balaban J connectivity index is 2.44. The molecule has 0 spiro atoms. The Morgan fingerprint density at radius 3 is 2.67 bits per heavy atom. The predicted octanol–water partition coefficient (Wildman–Crippen LogP) is 2.98. The van der Waals surface area contributed by atoms with Crippen LogP contribution in [0.3, 0.4) is 0 Å². The molecule has 4 N–H and O–H groups in total. The Kier molecular flexibility index (Phi) is 4.47. The Bertz CT molecular complexity index is 641. The first-order chi connectivity index (χ1) is 9.90. The van der Waals surface area contributed by atoms with Crippen LogP contribution in [0.25, 0.3) is 0 Å². The van der Waals surface area contributed by atoms with Crippen LogP contribution in [-0.4, -0.2) is 11.9 Å². The molecule has 0 saturated heterocycles. The number of anilines is 2. The minimum atomic E-state index is -0.659. The molecule has 0 radical (unpaired) electrons. The van der Waals surface area contributed by atoms with E-state index in [1.165, 1.54) is 6.07 Å². The first-order valence-corrected chi connectivity index (χ1v) is 7.46. The molecule has 1 aromatic heterocycles. The lowest BCUT2D eigenvalue weighted by Gasteiger charge is -2.29. The van der Waals surface area contributed by atoms with Crippen LogP contribution in [0.15, 0.2) is 29.6 Å². The number of hydrogen-bond acceptors (Lipinski definition) is 4. The van der Waals surface area contributed by atoms with Crippen LogP contribution in [0.4, 0.5) is 15.8 Å². The third-order valence-corrected chi connectivity index (χ3v) is 4.08. The minimum Gasteiger partial charge on any atom is -0.398 e. The van der Waals surface area contributed by atoms with Crippen LogP contribution < -0.4 is 16.4 Å². The highest BCUT2D eigenvalue weighted by Gasteiger charge is 2.19. The summed E-state index contributed by atoms with van der Waals surface area (Å²) in [7, 11) is 0. The summed E-state index contributed by atoms with van der Waals surface area (Å²) in [5.74, 6) is -1.11. The maximum atomic E-state index is 14.3. The van der Waals surface area contributed by atoms with E-state index in [0.717, 1.165) is 10.9 Å². The van der Waals surface area contributed by atoms with Gasteiger partial charge in [0, 0.05) is 16.6 Å². The largest absolute Gasteiger partial charge is 0.398 e. The van der Waals surface area contributed by atoms with Gasteiger partial charge in [0.15, 0.2) is 0 Å².